The van der Waals surface area contributed by atoms with Gasteiger partial charge in [-0.25, -0.2) is 0 Å². The van der Waals surface area contributed by atoms with Crippen molar-refractivity contribution in [3.8, 4) is 0 Å². The van der Waals surface area contributed by atoms with Gasteiger partial charge in [-0.2, -0.15) is 0 Å². The van der Waals surface area contributed by atoms with Crippen molar-refractivity contribution >= 4 is 0 Å². The summed E-state index contributed by atoms with van der Waals surface area (Å²) in [6.07, 6.45) is 7.43. The lowest BCUT2D eigenvalue weighted by atomic mass is 9.82. The zero-order valence-corrected chi connectivity index (χ0v) is 12.3. The Bertz CT molecular complexity index is 324. The monoisotopic (exact) mass is 247 g/mol. The summed E-state index contributed by atoms with van der Waals surface area (Å²) in [5.41, 5.74) is 8.72. The largest absolute Gasteiger partial charge is 0.330 e. The van der Waals surface area contributed by atoms with Gasteiger partial charge in [-0.15, -0.1) is 0 Å². The second-order valence-electron chi connectivity index (χ2n) is 5.89. The Kier molecular flexibility index (Phi) is 6.42. The van der Waals surface area contributed by atoms with E-state index in [0.717, 1.165) is 6.54 Å². The maximum atomic E-state index is 5.49. The third-order valence-electron chi connectivity index (χ3n) is 4.04. The summed E-state index contributed by atoms with van der Waals surface area (Å²) < 4.78 is 0. The first-order chi connectivity index (χ1) is 8.60. The number of nitrogens with two attached hydrogens (primary N) is 1. The van der Waals surface area contributed by atoms with Crippen LogP contribution in [0.4, 0.5) is 0 Å². The van der Waals surface area contributed by atoms with E-state index in [1.807, 2.05) is 0 Å². The van der Waals surface area contributed by atoms with Crippen molar-refractivity contribution in [1.29, 1.82) is 0 Å². The Morgan fingerprint density at radius 2 is 1.56 bits per heavy atom. The molecule has 1 aromatic carbocycles. The van der Waals surface area contributed by atoms with Crippen LogP contribution >= 0.6 is 0 Å². The maximum Gasteiger partial charge on any atom is -0.00773 e. The molecule has 0 unspecified atom stereocenters. The van der Waals surface area contributed by atoms with Crippen LogP contribution in [-0.2, 0) is 11.8 Å². The molecule has 0 amide bonds. The van der Waals surface area contributed by atoms with Gasteiger partial charge < -0.3 is 5.73 Å². The Labute approximate surface area is 113 Å². The molecule has 0 fully saturated rings. The SMILES string of the molecule is CCC(C)(C)c1ccc(CCCCCCN)cc1. The third-order valence-corrected chi connectivity index (χ3v) is 4.04. The van der Waals surface area contributed by atoms with E-state index < -0.39 is 0 Å². The summed E-state index contributed by atoms with van der Waals surface area (Å²) in [7, 11) is 0. The fourth-order valence-electron chi connectivity index (χ4n) is 2.15. The Balaban J connectivity index is 2.41. The molecule has 0 saturated heterocycles. The van der Waals surface area contributed by atoms with Crippen LogP contribution in [0.3, 0.4) is 0 Å². The molecule has 1 rings (SSSR count). The van der Waals surface area contributed by atoms with Crippen LogP contribution in [0, 0.1) is 0 Å². The van der Waals surface area contributed by atoms with Crippen LogP contribution in [0.25, 0.3) is 0 Å². The van der Waals surface area contributed by atoms with Crippen LogP contribution in [0.1, 0.15) is 64.0 Å². The predicted octanol–water partition coefficient (Wildman–Crippen LogP) is 4.44. The molecule has 1 heteroatoms. The number of rotatable bonds is 8. The van der Waals surface area contributed by atoms with Gasteiger partial charge in [0, 0.05) is 0 Å². The summed E-state index contributed by atoms with van der Waals surface area (Å²) in [5.74, 6) is 0. The molecule has 18 heavy (non-hydrogen) atoms. The highest BCUT2D eigenvalue weighted by Crippen LogP contribution is 2.26. The molecule has 0 spiro atoms. The molecule has 0 aliphatic rings. The van der Waals surface area contributed by atoms with Crippen LogP contribution < -0.4 is 5.73 Å². The Morgan fingerprint density at radius 3 is 2.11 bits per heavy atom. The van der Waals surface area contributed by atoms with Gasteiger partial charge in [0.15, 0.2) is 0 Å². The summed E-state index contributed by atoms with van der Waals surface area (Å²) in [5, 5.41) is 0. The molecule has 0 aliphatic heterocycles. The smallest absolute Gasteiger partial charge is 0.00773 e. The molecule has 0 aliphatic carbocycles. The van der Waals surface area contributed by atoms with E-state index >= 15 is 0 Å². The topological polar surface area (TPSA) is 26.0 Å². The summed E-state index contributed by atoms with van der Waals surface area (Å²) >= 11 is 0. The number of hydrogen-bond donors (Lipinski definition) is 1. The first kappa shape index (κ1) is 15.2. The van der Waals surface area contributed by atoms with Crippen molar-refractivity contribution in [2.75, 3.05) is 6.54 Å². The number of hydrogen-bond acceptors (Lipinski definition) is 1. The number of aryl methyl sites for hydroxylation is 1. The lowest BCUT2D eigenvalue weighted by Gasteiger charge is -2.23. The van der Waals surface area contributed by atoms with Gasteiger partial charge in [-0.1, -0.05) is 57.9 Å². The molecule has 0 saturated carbocycles. The molecule has 102 valence electrons. The van der Waals surface area contributed by atoms with Gasteiger partial charge in [-0.3, -0.25) is 0 Å². The van der Waals surface area contributed by atoms with E-state index in [0.29, 0.717) is 5.41 Å². The number of unbranched alkanes of at least 4 members (excludes halogenated alkanes) is 3. The van der Waals surface area contributed by atoms with Crippen molar-refractivity contribution in [2.45, 2.75) is 64.7 Å². The van der Waals surface area contributed by atoms with Crippen molar-refractivity contribution in [2.24, 2.45) is 5.73 Å². The predicted molar refractivity (Wildman–Crippen MR) is 81.0 cm³/mol. The molecule has 2 N–H and O–H groups in total. The van der Waals surface area contributed by atoms with E-state index in [1.54, 1.807) is 0 Å². The molecule has 0 radical (unpaired) electrons. The fraction of sp³-hybridized carbons (Fsp3) is 0.647. The van der Waals surface area contributed by atoms with Gasteiger partial charge in [0.2, 0.25) is 0 Å². The van der Waals surface area contributed by atoms with Gasteiger partial charge in [-0.05, 0) is 48.8 Å². The first-order valence-corrected chi connectivity index (χ1v) is 7.39. The molecule has 0 aromatic heterocycles. The molecule has 0 bridgehead atoms. The summed E-state index contributed by atoms with van der Waals surface area (Å²) in [4.78, 5) is 0. The van der Waals surface area contributed by atoms with Crippen LogP contribution in [0.2, 0.25) is 0 Å². The zero-order valence-electron chi connectivity index (χ0n) is 12.3. The van der Waals surface area contributed by atoms with Crippen LogP contribution in [0.5, 0.6) is 0 Å². The van der Waals surface area contributed by atoms with Crippen molar-refractivity contribution in [3.05, 3.63) is 35.4 Å². The minimum Gasteiger partial charge on any atom is -0.330 e. The van der Waals surface area contributed by atoms with E-state index in [9.17, 15) is 0 Å². The van der Waals surface area contributed by atoms with Gasteiger partial charge in [0.25, 0.3) is 0 Å². The number of benzene rings is 1. The third kappa shape index (κ3) is 4.81. The minimum atomic E-state index is 0.305. The Morgan fingerprint density at radius 1 is 0.944 bits per heavy atom. The zero-order chi connectivity index (χ0) is 13.4. The lowest BCUT2D eigenvalue weighted by molar-refractivity contribution is 0.506. The molecular formula is C17H29N. The van der Waals surface area contributed by atoms with Crippen molar-refractivity contribution in [3.63, 3.8) is 0 Å². The minimum absolute atomic E-state index is 0.305. The van der Waals surface area contributed by atoms with Crippen LogP contribution in [0.15, 0.2) is 24.3 Å². The molecule has 1 nitrogen and oxygen atoms in total. The molecular weight excluding hydrogens is 218 g/mol. The first-order valence-electron chi connectivity index (χ1n) is 7.39. The highest BCUT2D eigenvalue weighted by atomic mass is 14.5. The highest BCUT2D eigenvalue weighted by molar-refractivity contribution is 5.28. The van der Waals surface area contributed by atoms with Gasteiger partial charge >= 0.3 is 0 Å². The van der Waals surface area contributed by atoms with Crippen LogP contribution in [-0.4, -0.2) is 6.54 Å². The Hall–Kier alpha value is -0.820. The van der Waals surface area contributed by atoms with Gasteiger partial charge in [0.05, 0.1) is 0 Å². The standard InChI is InChI=1S/C17H29N/c1-4-17(2,3)16-12-10-15(11-13-16)9-7-5-6-8-14-18/h10-13H,4-9,14,18H2,1-3H3. The highest BCUT2D eigenvalue weighted by Gasteiger charge is 2.17. The summed E-state index contributed by atoms with van der Waals surface area (Å²) in [6.45, 7) is 7.72. The average molecular weight is 247 g/mol. The molecule has 0 atom stereocenters. The second-order valence-corrected chi connectivity index (χ2v) is 5.89. The van der Waals surface area contributed by atoms with E-state index in [-0.39, 0.29) is 0 Å². The van der Waals surface area contributed by atoms with E-state index in [2.05, 4.69) is 45.0 Å². The van der Waals surface area contributed by atoms with Crippen molar-refractivity contribution in [1.82, 2.24) is 0 Å². The quantitative estimate of drug-likeness (QED) is 0.675. The van der Waals surface area contributed by atoms with Gasteiger partial charge in [0.1, 0.15) is 0 Å². The van der Waals surface area contributed by atoms with E-state index in [1.165, 1.54) is 49.7 Å². The molecule has 0 heterocycles. The summed E-state index contributed by atoms with van der Waals surface area (Å²) in [6, 6.07) is 9.21. The maximum absolute atomic E-state index is 5.49. The van der Waals surface area contributed by atoms with Crippen molar-refractivity contribution < 1.29 is 0 Å². The molecule has 1 aromatic rings. The normalized spacial score (nSPS) is 11.8. The van der Waals surface area contributed by atoms with E-state index in [4.69, 9.17) is 5.73 Å². The second kappa shape index (κ2) is 7.58. The fourth-order valence-corrected chi connectivity index (χ4v) is 2.15. The lowest BCUT2D eigenvalue weighted by Crippen LogP contribution is -2.15. The average Bonchev–Trinajstić information content (AvgIpc) is 2.39.